The highest BCUT2D eigenvalue weighted by atomic mass is 16.6. The van der Waals surface area contributed by atoms with Gasteiger partial charge in [-0.3, -0.25) is 0 Å². The van der Waals surface area contributed by atoms with E-state index in [0.717, 1.165) is 44.1 Å². The minimum atomic E-state index is -0.604. The van der Waals surface area contributed by atoms with Gasteiger partial charge in [-0.2, -0.15) is 0 Å². The Morgan fingerprint density at radius 3 is 2.62 bits per heavy atom. The molecule has 2 saturated heterocycles. The van der Waals surface area contributed by atoms with E-state index in [1.165, 1.54) is 0 Å². The summed E-state index contributed by atoms with van der Waals surface area (Å²) in [5, 5.41) is 13.2. The maximum absolute atomic E-state index is 13.1. The van der Waals surface area contributed by atoms with Crippen molar-refractivity contribution in [2.24, 2.45) is 0 Å². The van der Waals surface area contributed by atoms with Crippen LogP contribution in [0.5, 0.6) is 5.75 Å². The molecule has 3 fully saturated rings. The second-order valence-electron chi connectivity index (χ2n) is 10.8. The van der Waals surface area contributed by atoms with Crippen LogP contribution in [-0.4, -0.2) is 65.2 Å². The second-order valence-corrected chi connectivity index (χ2v) is 10.8. The highest BCUT2D eigenvalue weighted by molar-refractivity contribution is 5.71. The molecule has 2 unspecified atom stereocenters. The maximum atomic E-state index is 13.1. The summed E-state index contributed by atoms with van der Waals surface area (Å²) in [6.45, 7) is 6.81. The van der Waals surface area contributed by atoms with Gasteiger partial charge in [-0.15, -0.1) is 0 Å². The first-order valence-electron chi connectivity index (χ1n) is 12.5. The van der Waals surface area contributed by atoms with Gasteiger partial charge in [-0.05, 0) is 76.8 Å². The molecule has 8 heteroatoms. The van der Waals surface area contributed by atoms with Crippen molar-refractivity contribution in [1.82, 2.24) is 10.2 Å². The molecule has 2 heterocycles. The van der Waals surface area contributed by atoms with Crippen molar-refractivity contribution in [1.29, 1.82) is 0 Å². The van der Waals surface area contributed by atoms with Crippen LogP contribution in [0.15, 0.2) is 24.3 Å². The van der Waals surface area contributed by atoms with Crippen LogP contribution < -0.4 is 5.32 Å². The first-order valence-corrected chi connectivity index (χ1v) is 12.5. The Morgan fingerprint density at radius 2 is 1.94 bits per heavy atom. The van der Waals surface area contributed by atoms with Crippen LogP contribution in [0.4, 0.5) is 9.59 Å². The summed E-state index contributed by atoms with van der Waals surface area (Å²) in [7, 11) is 0. The summed E-state index contributed by atoms with van der Waals surface area (Å²) in [6, 6.07) is 7.24. The number of alkyl carbamates (subject to hydrolysis) is 1. The van der Waals surface area contributed by atoms with Crippen LogP contribution in [0.3, 0.4) is 0 Å². The molecule has 1 aromatic rings. The summed E-state index contributed by atoms with van der Waals surface area (Å²) in [4.78, 5) is 27.0. The third-order valence-corrected chi connectivity index (χ3v) is 7.34. The molecule has 4 rings (SSSR count). The van der Waals surface area contributed by atoms with Gasteiger partial charge >= 0.3 is 12.2 Å². The molecular weight excluding hydrogens is 436 g/mol. The molecule has 1 aromatic carbocycles. The van der Waals surface area contributed by atoms with Gasteiger partial charge in [0.25, 0.3) is 0 Å². The Hall–Kier alpha value is -2.48. The average Bonchev–Trinajstić information content (AvgIpc) is 2.78. The molecule has 2 aliphatic heterocycles. The molecule has 0 bridgehead atoms. The molecule has 2 atom stereocenters. The molecule has 34 heavy (non-hydrogen) atoms. The Kier molecular flexibility index (Phi) is 7.26. The molecule has 2 N–H and O–H groups in total. The quantitative estimate of drug-likeness (QED) is 0.656. The van der Waals surface area contributed by atoms with Crippen molar-refractivity contribution in [3.05, 3.63) is 29.8 Å². The number of piperidine rings is 1. The zero-order valence-electron chi connectivity index (χ0n) is 20.5. The number of aromatic hydroxyl groups is 1. The highest BCUT2D eigenvalue weighted by Crippen LogP contribution is 2.39. The van der Waals surface area contributed by atoms with Gasteiger partial charge in [0.15, 0.2) is 0 Å². The molecule has 1 aliphatic carbocycles. The number of ether oxygens (including phenoxy) is 3. The standard InChI is InChI=1S/C26H38N2O6/c1-25(2,3)34-24(31)28-15-6-13-26(14-16-32-23(30)27-26)22(28)17-33-19-11-9-18(10-12-19)20-7-4-5-8-21(20)29/h4-5,7-8,18-19,22,29H,6,9-17H2,1-3H3,(H,27,30). The lowest BCUT2D eigenvalue weighted by atomic mass is 9.78. The summed E-state index contributed by atoms with van der Waals surface area (Å²) in [5.41, 5.74) is -0.168. The van der Waals surface area contributed by atoms with Crippen LogP contribution in [0.1, 0.15) is 77.2 Å². The molecule has 0 radical (unpaired) electrons. The number of para-hydroxylation sites is 1. The van der Waals surface area contributed by atoms with Gasteiger partial charge in [0.2, 0.25) is 0 Å². The Morgan fingerprint density at radius 1 is 1.21 bits per heavy atom. The number of amides is 2. The van der Waals surface area contributed by atoms with Crippen molar-refractivity contribution in [2.45, 2.75) is 94.9 Å². The number of hydrogen-bond donors (Lipinski definition) is 2. The average molecular weight is 475 g/mol. The van der Waals surface area contributed by atoms with Gasteiger partial charge in [0.1, 0.15) is 11.4 Å². The van der Waals surface area contributed by atoms with Crippen LogP contribution in [0.25, 0.3) is 0 Å². The van der Waals surface area contributed by atoms with Gasteiger partial charge in [0.05, 0.1) is 30.9 Å². The maximum Gasteiger partial charge on any atom is 0.410 e. The molecule has 188 valence electrons. The number of nitrogens with one attached hydrogen (secondary N) is 1. The predicted octanol–water partition coefficient (Wildman–Crippen LogP) is 4.70. The first kappa shape index (κ1) is 24.6. The van der Waals surface area contributed by atoms with Crippen molar-refractivity contribution >= 4 is 12.2 Å². The number of likely N-dealkylation sites (tertiary alicyclic amines) is 1. The number of phenols is 1. The third kappa shape index (κ3) is 5.59. The van der Waals surface area contributed by atoms with Crippen LogP contribution in [0, 0.1) is 0 Å². The van der Waals surface area contributed by atoms with Gasteiger partial charge < -0.3 is 29.5 Å². The minimum absolute atomic E-state index is 0.0807. The normalized spacial score (nSPS) is 29.9. The lowest BCUT2D eigenvalue weighted by Gasteiger charge is -2.51. The number of phenolic OH excluding ortho intramolecular Hbond substituents is 1. The van der Waals surface area contributed by atoms with Crippen LogP contribution >= 0.6 is 0 Å². The van der Waals surface area contributed by atoms with Crippen LogP contribution in [-0.2, 0) is 14.2 Å². The first-order chi connectivity index (χ1) is 16.2. The Balaban J connectivity index is 1.43. The fourth-order valence-corrected chi connectivity index (χ4v) is 5.64. The van der Waals surface area contributed by atoms with E-state index in [2.05, 4.69) is 5.32 Å². The number of hydrogen-bond acceptors (Lipinski definition) is 6. The molecule has 3 aliphatic rings. The molecule has 8 nitrogen and oxygen atoms in total. The van der Waals surface area contributed by atoms with Crippen molar-refractivity contribution in [3.63, 3.8) is 0 Å². The topological polar surface area (TPSA) is 97.3 Å². The summed E-state index contributed by atoms with van der Waals surface area (Å²) < 4.78 is 17.2. The summed E-state index contributed by atoms with van der Waals surface area (Å²) in [5.74, 6) is 0.689. The van der Waals surface area contributed by atoms with E-state index in [4.69, 9.17) is 14.2 Å². The number of cyclic esters (lactones) is 1. The Bertz CT molecular complexity index is 872. The molecule has 0 aromatic heterocycles. The van der Waals surface area contributed by atoms with E-state index < -0.39 is 17.2 Å². The number of benzene rings is 1. The minimum Gasteiger partial charge on any atom is -0.508 e. The monoisotopic (exact) mass is 474 g/mol. The number of carbonyl (C=O) groups is 2. The summed E-state index contributed by atoms with van der Waals surface area (Å²) >= 11 is 0. The van der Waals surface area contributed by atoms with Crippen LogP contribution in [0.2, 0.25) is 0 Å². The zero-order chi connectivity index (χ0) is 24.3. The fourth-order valence-electron chi connectivity index (χ4n) is 5.64. The van der Waals surface area contributed by atoms with E-state index in [1.807, 2.05) is 39.0 Å². The van der Waals surface area contributed by atoms with E-state index in [9.17, 15) is 14.7 Å². The van der Waals surface area contributed by atoms with E-state index >= 15 is 0 Å². The van der Waals surface area contributed by atoms with Crippen molar-refractivity contribution in [3.8, 4) is 5.75 Å². The van der Waals surface area contributed by atoms with Gasteiger partial charge in [-0.1, -0.05) is 18.2 Å². The zero-order valence-corrected chi connectivity index (χ0v) is 20.5. The van der Waals surface area contributed by atoms with E-state index in [1.54, 1.807) is 11.0 Å². The number of carbonyl (C=O) groups excluding carboxylic acids is 2. The number of rotatable bonds is 4. The van der Waals surface area contributed by atoms with Gasteiger partial charge in [-0.25, -0.2) is 9.59 Å². The Labute approximate surface area is 201 Å². The lowest BCUT2D eigenvalue weighted by molar-refractivity contribution is -0.0700. The number of nitrogens with zero attached hydrogens (tertiary/aromatic N) is 1. The van der Waals surface area contributed by atoms with Crippen molar-refractivity contribution < 1.29 is 28.9 Å². The second kappa shape index (κ2) is 10.0. The largest absolute Gasteiger partial charge is 0.508 e. The molecule has 1 saturated carbocycles. The fraction of sp³-hybridized carbons (Fsp3) is 0.692. The SMILES string of the molecule is CC(C)(C)OC(=O)N1CCCC2(CCOC(=O)N2)C1COC1CCC(c2ccccc2O)CC1. The van der Waals surface area contributed by atoms with Crippen molar-refractivity contribution in [2.75, 3.05) is 19.8 Å². The third-order valence-electron chi connectivity index (χ3n) is 7.34. The molecule has 2 amide bonds. The lowest BCUT2D eigenvalue weighted by Crippen LogP contribution is -2.70. The summed E-state index contributed by atoms with van der Waals surface area (Å²) in [6.07, 6.45) is 5.12. The molecular formula is C26H38N2O6. The van der Waals surface area contributed by atoms with Gasteiger partial charge in [0, 0.05) is 13.0 Å². The predicted molar refractivity (Wildman–Crippen MR) is 127 cm³/mol. The molecule has 1 spiro atoms. The highest BCUT2D eigenvalue weighted by Gasteiger charge is 2.50. The van der Waals surface area contributed by atoms with E-state index in [0.29, 0.717) is 37.8 Å². The van der Waals surface area contributed by atoms with E-state index in [-0.39, 0.29) is 18.2 Å². The smallest absolute Gasteiger partial charge is 0.410 e.